The van der Waals surface area contributed by atoms with Crippen LogP contribution in [-0.4, -0.2) is 24.0 Å². The second-order valence-electron chi connectivity index (χ2n) is 5.03. The number of nitrogens with two attached hydrogens (primary N) is 1. The summed E-state index contributed by atoms with van der Waals surface area (Å²) >= 11 is 0. The van der Waals surface area contributed by atoms with Crippen LogP contribution in [-0.2, 0) is 6.54 Å². The molecule has 0 bridgehead atoms. The molecule has 1 aliphatic rings. The van der Waals surface area contributed by atoms with Crippen molar-refractivity contribution in [3.05, 3.63) is 35.1 Å². The van der Waals surface area contributed by atoms with Crippen molar-refractivity contribution in [3.8, 4) is 11.8 Å². The quantitative estimate of drug-likeness (QED) is 0.846. The maximum atomic E-state index is 13.6. The summed E-state index contributed by atoms with van der Waals surface area (Å²) in [5.41, 5.74) is 7.06. The maximum Gasteiger partial charge on any atom is 0.124 e. The fourth-order valence-electron chi connectivity index (χ4n) is 2.77. The first kappa shape index (κ1) is 14.0. The molecule has 0 spiro atoms. The van der Waals surface area contributed by atoms with Crippen LogP contribution in [0.1, 0.15) is 37.3 Å². The third-order valence-electron chi connectivity index (χ3n) is 3.65. The Balaban J connectivity index is 2.13. The van der Waals surface area contributed by atoms with Crippen molar-refractivity contribution in [1.29, 1.82) is 0 Å². The van der Waals surface area contributed by atoms with Crippen LogP contribution < -0.4 is 5.73 Å². The molecule has 0 saturated carbocycles. The van der Waals surface area contributed by atoms with E-state index in [0.29, 0.717) is 18.2 Å². The normalized spacial score (nSPS) is 19.2. The zero-order valence-electron chi connectivity index (χ0n) is 11.5. The predicted octanol–water partition coefficient (Wildman–Crippen LogP) is 2.51. The van der Waals surface area contributed by atoms with E-state index < -0.39 is 0 Å². The van der Waals surface area contributed by atoms with Crippen LogP contribution in [0.4, 0.5) is 4.39 Å². The van der Waals surface area contributed by atoms with Gasteiger partial charge in [0.15, 0.2) is 0 Å². The Labute approximate surface area is 114 Å². The monoisotopic (exact) mass is 260 g/mol. The largest absolute Gasteiger partial charge is 0.320 e. The molecular weight excluding hydrogens is 239 g/mol. The van der Waals surface area contributed by atoms with Gasteiger partial charge in [-0.1, -0.05) is 18.8 Å². The molecule has 2 N–H and O–H groups in total. The topological polar surface area (TPSA) is 29.3 Å². The number of hydrogen-bond donors (Lipinski definition) is 1. The van der Waals surface area contributed by atoms with Gasteiger partial charge in [-0.05, 0) is 49.6 Å². The van der Waals surface area contributed by atoms with Crippen LogP contribution in [0.5, 0.6) is 0 Å². The molecule has 1 unspecified atom stereocenters. The summed E-state index contributed by atoms with van der Waals surface area (Å²) in [7, 11) is 0. The van der Waals surface area contributed by atoms with E-state index in [-0.39, 0.29) is 5.82 Å². The Kier molecular flexibility index (Phi) is 4.95. The molecule has 2 rings (SSSR count). The predicted molar refractivity (Wildman–Crippen MR) is 76.1 cm³/mol. The molecule has 1 heterocycles. The van der Waals surface area contributed by atoms with Crippen molar-refractivity contribution < 1.29 is 4.39 Å². The molecule has 1 fully saturated rings. The molecule has 3 heteroatoms. The summed E-state index contributed by atoms with van der Waals surface area (Å²) in [6, 6.07) is 5.69. The van der Waals surface area contributed by atoms with Gasteiger partial charge in [0.2, 0.25) is 0 Å². The van der Waals surface area contributed by atoms with Gasteiger partial charge >= 0.3 is 0 Å². The van der Waals surface area contributed by atoms with Crippen LogP contribution >= 0.6 is 0 Å². The highest BCUT2D eigenvalue weighted by atomic mass is 19.1. The number of nitrogens with zero attached hydrogens (tertiary/aromatic N) is 1. The SMILES string of the molecule is CCC1CCCN1Cc1cc(F)cc(C#CCN)c1. The van der Waals surface area contributed by atoms with E-state index in [9.17, 15) is 4.39 Å². The lowest BCUT2D eigenvalue weighted by Crippen LogP contribution is -2.28. The highest BCUT2D eigenvalue weighted by Gasteiger charge is 2.22. The molecule has 1 aliphatic heterocycles. The number of rotatable bonds is 3. The van der Waals surface area contributed by atoms with E-state index in [1.54, 1.807) is 6.07 Å². The van der Waals surface area contributed by atoms with Crippen molar-refractivity contribution in [3.63, 3.8) is 0 Å². The number of hydrogen-bond acceptors (Lipinski definition) is 2. The molecule has 19 heavy (non-hydrogen) atoms. The van der Waals surface area contributed by atoms with E-state index in [0.717, 1.165) is 25.1 Å². The Bertz CT molecular complexity index is 487. The summed E-state index contributed by atoms with van der Waals surface area (Å²) in [6.45, 7) is 4.44. The smallest absolute Gasteiger partial charge is 0.124 e. The molecule has 0 amide bonds. The van der Waals surface area contributed by atoms with Crippen molar-refractivity contribution in [2.24, 2.45) is 5.73 Å². The van der Waals surface area contributed by atoms with E-state index in [1.165, 1.54) is 18.9 Å². The van der Waals surface area contributed by atoms with Crippen LogP contribution in [0.25, 0.3) is 0 Å². The highest BCUT2D eigenvalue weighted by Crippen LogP contribution is 2.22. The van der Waals surface area contributed by atoms with Gasteiger partial charge in [-0.15, -0.1) is 0 Å². The summed E-state index contributed by atoms with van der Waals surface area (Å²) in [5, 5.41) is 0. The summed E-state index contributed by atoms with van der Waals surface area (Å²) < 4.78 is 13.6. The van der Waals surface area contributed by atoms with Crippen LogP contribution in [0.15, 0.2) is 18.2 Å². The van der Waals surface area contributed by atoms with Gasteiger partial charge in [-0.25, -0.2) is 4.39 Å². The van der Waals surface area contributed by atoms with Gasteiger partial charge in [0.1, 0.15) is 5.82 Å². The van der Waals surface area contributed by atoms with Gasteiger partial charge in [-0.2, -0.15) is 0 Å². The standard InChI is InChI=1S/C16H21FN2/c1-2-16-6-4-8-19(16)12-14-9-13(5-3-7-18)10-15(17)11-14/h9-11,16H,2,4,6-8,12,18H2,1H3. The molecule has 0 aromatic heterocycles. The first-order valence-corrected chi connectivity index (χ1v) is 6.95. The van der Waals surface area contributed by atoms with Crippen LogP contribution in [0.2, 0.25) is 0 Å². The lowest BCUT2D eigenvalue weighted by atomic mass is 10.1. The van der Waals surface area contributed by atoms with Gasteiger partial charge in [0, 0.05) is 18.2 Å². The number of benzene rings is 1. The van der Waals surface area contributed by atoms with Crippen molar-refractivity contribution in [1.82, 2.24) is 4.90 Å². The summed E-state index contributed by atoms with van der Waals surface area (Å²) in [5.74, 6) is 5.46. The van der Waals surface area contributed by atoms with E-state index >= 15 is 0 Å². The molecule has 0 aliphatic carbocycles. The Hall–Kier alpha value is -1.37. The minimum Gasteiger partial charge on any atom is -0.320 e. The van der Waals surface area contributed by atoms with Crippen LogP contribution in [0.3, 0.4) is 0 Å². The number of halogens is 1. The molecule has 102 valence electrons. The Morgan fingerprint density at radius 3 is 3.00 bits per heavy atom. The van der Waals surface area contributed by atoms with Gasteiger partial charge in [0.05, 0.1) is 6.54 Å². The van der Waals surface area contributed by atoms with E-state index in [1.807, 2.05) is 6.07 Å². The zero-order valence-corrected chi connectivity index (χ0v) is 11.5. The Morgan fingerprint density at radius 2 is 2.26 bits per heavy atom. The van der Waals surface area contributed by atoms with Gasteiger partial charge < -0.3 is 5.73 Å². The summed E-state index contributed by atoms with van der Waals surface area (Å²) in [6.07, 6.45) is 3.66. The van der Waals surface area contributed by atoms with E-state index in [2.05, 4.69) is 23.7 Å². The van der Waals surface area contributed by atoms with Gasteiger partial charge in [0.25, 0.3) is 0 Å². The maximum absolute atomic E-state index is 13.6. The van der Waals surface area contributed by atoms with Crippen molar-refractivity contribution >= 4 is 0 Å². The lowest BCUT2D eigenvalue weighted by molar-refractivity contribution is 0.240. The molecule has 1 aromatic carbocycles. The second kappa shape index (κ2) is 6.70. The lowest BCUT2D eigenvalue weighted by Gasteiger charge is -2.23. The van der Waals surface area contributed by atoms with E-state index in [4.69, 9.17) is 5.73 Å². The zero-order chi connectivity index (χ0) is 13.7. The first-order chi connectivity index (χ1) is 9.22. The van der Waals surface area contributed by atoms with Crippen molar-refractivity contribution in [2.45, 2.75) is 38.8 Å². The third-order valence-corrected chi connectivity index (χ3v) is 3.65. The van der Waals surface area contributed by atoms with Gasteiger partial charge in [-0.3, -0.25) is 4.90 Å². The molecule has 2 nitrogen and oxygen atoms in total. The Morgan fingerprint density at radius 1 is 1.42 bits per heavy atom. The van der Waals surface area contributed by atoms with Crippen molar-refractivity contribution in [2.75, 3.05) is 13.1 Å². The fourth-order valence-corrected chi connectivity index (χ4v) is 2.77. The molecule has 1 atom stereocenters. The molecule has 1 aromatic rings. The minimum atomic E-state index is -0.217. The first-order valence-electron chi connectivity index (χ1n) is 6.95. The average Bonchev–Trinajstić information content (AvgIpc) is 2.83. The molecule has 1 saturated heterocycles. The number of likely N-dealkylation sites (tertiary alicyclic amines) is 1. The van der Waals surface area contributed by atoms with Crippen LogP contribution in [0, 0.1) is 17.7 Å². The average molecular weight is 260 g/mol. The molecular formula is C16H21FN2. The second-order valence-corrected chi connectivity index (χ2v) is 5.03. The summed E-state index contributed by atoms with van der Waals surface area (Å²) in [4.78, 5) is 2.44. The minimum absolute atomic E-state index is 0.217. The fraction of sp³-hybridized carbons (Fsp3) is 0.500. The highest BCUT2D eigenvalue weighted by molar-refractivity contribution is 5.38. The third kappa shape index (κ3) is 3.79. The molecule has 0 radical (unpaired) electrons.